The average Bonchev–Trinajstić information content (AvgIpc) is 2.85. The molecule has 0 spiro atoms. The Morgan fingerprint density at radius 3 is 2.85 bits per heavy atom. The molecule has 5 heteroatoms. The number of nitrogens with one attached hydrogen (secondary N) is 2. The van der Waals surface area contributed by atoms with Gasteiger partial charge in [0.25, 0.3) is 0 Å². The van der Waals surface area contributed by atoms with Gasteiger partial charge in [0.15, 0.2) is 0 Å². The predicted octanol–water partition coefficient (Wildman–Crippen LogP) is 1.46. The summed E-state index contributed by atoms with van der Waals surface area (Å²) in [6.45, 7) is 3.90. The average molecular weight is 276 g/mol. The predicted molar refractivity (Wildman–Crippen MR) is 75.5 cm³/mol. The van der Waals surface area contributed by atoms with Crippen LogP contribution >= 0.6 is 0 Å². The molecule has 0 radical (unpaired) electrons. The van der Waals surface area contributed by atoms with Gasteiger partial charge in [-0.15, -0.1) is 0 Å². The zero-order valence-corrected chi connectivity index (χ0v) is 12.0. The first-order valence-electron chi connectivity index (χ1n) is 6.75. The number of amides is 2. The maximum absolute atomic E-state index is 12.1. The fourth-order valence-electron chi connectivity index (χ4n) is 2.39. The first kappa shape index (κ1) is 14.4. The van der Waals surface area contributed by atoms with Crippen LogP contribution in [0, 0.1) is 6.92 Å². The van der Waals surface area contributed by atoms with E-state index in [1.54, 1.807) is 7.11 Å². The van der Waals surface area contributed by atoms with E-state index in [2.05, 4.69) is 10.6 Å². The molecule has 2 N–H and O–H groups in total. The summed E-state index contributed by atoms with van der Waals surface area (Å²) in [5, 5.41) is 5.60. The highest BCUT2D eigenvalue weighted by Gasteiger charge is 2.28. The van der Waals surface area contributed by atoms with Gasteiger partial charge in [0.2, 0.25) is 11.8 Å². The largest absolute Gasteiger partial charge is 0.496 e. The molecular weight excluding hydrogens is 256 g/mol. The highest BCUT2D eigenvalue weighted by molar-refractivity contribution is 5.90. The van der Waals surface area contributed by atoms with Crippen molar-refractivity contribution in [2.75, 3.05) is 7.11 Å². The molecule has 1 aliphatic heterocycles. The number of aryl methyl sites for hydroxylation is 1. The second kappa shape index (κ2) is 5.94. The number of carbonyl (C=O) groups excluding carboxylic acids is 2. The monoisotopic (exact) mass is 276 g/mol. The van der Waals surface area contributed by atoms with Gasteiger partial charge < -0.3 is 15.4 Å². The molecule has 1 aromatic rings. The Hall–Kier alpha value is -2.04. The standard InChI is InChI=1S/C15H20N2O3/c1-9-4-6-13(20-3)11(8-9)10(2)16-15(19)12-5-7-14(18)17-12/h4,6,8,10,12H,5,7H2,1-3H3,(H,16,19)(H,17,18). The Labute approximate surface area is 118 Å². The van der Waals surface area contributed by atoms with Crippen molar-refractivity contribution in [3.05, 3.63) is 29.3 Å². The Morgan fingerprint density at radius 1 is 1.50 bits per heavy atom. The molecule has 1 aromatic carbocycles. The Balaban J connectivity index is 2.08. The maximum Gasteiger partial charge on any atom is 0.243 e. The zero-order valence-electron chi connectivity index (χ0n) is 12.0. The van der Waals surface area contributed by atoms with E-state index in [1.807, 2.05) is 32.0 Å². The number of ether oxygens (including phenoxy) is 1. The SMILES string of the molecule is COc1ccc(C)cc1C(C)NC(=O)C1CCC(=O)N1. The smallest absolute Gasteiger partial charge is 0.243 e. The van der Waals surface area contributed by atoms with Crippen molar-refractivity contribution < 1.29 is 14.3 Å². The molecule has 1 saturated heterocycles. The van der Waals surface area contributed by atoms with Gasteiger partial charge in [0, 0.05) is 12.0 Å². The van der Waals surface area contributed by atoms with Gasteiger partial charge in [-0.2, -0.15) is 0 Å². The molecule has 2 atom stereocenters. The number of carbonyl (C=O) groups is 2. The van der Waals surface area contributed by atoms with E-state index in [0.717, 1.165) is 16.9 Å². The second-order valence-electron chi connectivity index (χ2n) is 5.13. The first-order chi connectivity index (χ1) is 9.51. The van der Waals surface area contributed by atoms with Gasteiger partial charge in [0.1, 0.15) is 11.8 Å². The van der Waals surface area contributed by atoms with Gasteiger partial charge in [-0.25, -0.2) is 0 Å². The van der Waals surface area contributed by atoms with Crippen molar-refractivity contribution in [1.29, 1.82) is 0 Å². The number of hydrogen-bond donors (Lipinski definition) is 2. The van der Waals surface area contributed by atoms with Crippen LogP contribution in [0.2, 0.25) is 0 Å². The first-order valence-corrected chi connectivity index (χ1v) is 6.75. The molecule has 2 rings (SSSR count). The van der Waals surface area contributed by atoms with Crippen molar-refractivity contribution in [3.8, 4) is 5.75 Å². The molecule has 0 aromatic heterocycles. The van der Waals surface area contributed by atoms with Crippen LogP contribution in [0.1, 0.15) is 36.9 Å². The van der Waals surface area contributed by atoms with Gasteiger partial charge >= 0.3 is 0 Å². The van der Waals surface area contributed by atoms with E-state index in [9.17, 15) is 9.59 Å². The highest BCUT2D eigenvalue weighted by Crippen LogP contribution is 2.26. The molecule has 2 unspecified atom stereocenters. The lowest BCUT2D eigenvalue weighted by atomic mass is 10.0. The molecule has 0 aliphatic carbocycles. The minimum Gasteiger partial charge on any atom is -0.496 e. The molecule has 108 valence electrons. The molecule has 5 nitrogen and oxygen atoms in total. The van der Waals surface area contributed by atoms with Crippen LogP contribution in [-0.4, -0.2) is 25.0 Å². The molecule has 2 amide bonds. The highest BCUT2D eigenvalue weighted by atomic mass is 16.5. The third kappa shape index (κ3) is 3.10. The number of rotatable bonds is 4. The molecule has 20 heavy (non-hydrogen) atoms. The van der Waals surface area contributed by atoms with Crippen LogP contribution < -0.4 is 15.4 Å². The van der Waals surface area contributed by atoms with Crippen LogP contribution in [0.4, 0.5) is 0 Å². The third-order valence-electron chi connectivity index (χ3n) is 3.52. The Bertz CT molecular complexity index is 528. The van der Waals surface area contributed by atoms with Crippen LogP contribution in [0.3, 0.4) is 0 Å². The number of benzene rings is 1. The summed E-state index contributed by atoms with van der Waals surface area (Å²) in [6, 6.07) is 5.27. The second-order valence-corrected chi connectivity index (χ2v) is 5.13. The maximum atomic E-state index is 12.1. The summed E-state index contributed by atoms with van der Waals surface area (Å²) in [4.78, 5) is 23.2. The lowest BCUT2D eigenvalue weighted by Crippen LogP contribution is -2.42. The van der Waals surface area contributed by atoms with Crippen molar-refractivity contribution in [1.82, 2.24) is 10.6 Å². The van der Waals surface area contributed by atoms with E-state index < -0.39 is 6.04 Å². The lowest BCUT2D eigenvalue weighted by Gasteiger charge is -2.20. The minimum atomic E-state index is -0.416. The number of methoxy groups -OCH3 is 1. The van der Waals surface area contributed by atoms with Crippen molar-refractivity contribution in [2.24, 2.45) is 0 Å². The molecule has 0 saturated carbocycles. The lowest BCUT2D eigenvalue weighted by molar-refractivity contribution is -0.126. The summed E-state index contributed by atoms with van der Waals surface area (Å²) < 4.78 is 5.32. The van der Waals surface area contributed by atoms with Gasteiger partial charge in [-0.05, 0) is 26.3 Å². The summed E-state index contributed by atoms with van der Waals surface area (Å²) in [6.07, 6.45) is 0.975. The zero-order chi connectivity index (χ0) is 14.7. The van der Waals surface area contributed by atoms with Crippen molar-refractivity contribution in [2.45, 2.75) is 38.8 Å². The normalized spacial score (nSPS) is 19.4. The summed E-state index contributed by atoms with van der Waals surface area (Å²) in [5.74, 6) is 0.539. The Kier molecular flexibility index (Phi) is 4.27. The Morgan fingerprint density at radius 2 is 2.25 bits per heavy atom. The van der Waals surface area contributed by atoms with E-state index in [-0.39, 0.29) is 17.9 Å². The van der Waals surface area contributed by atoms with Crippen molar-refractivity contribution >= 4 is 11.8 Å². The van der Waals surface area contributed by atoms with Gasteiger partial charge in [0.05, 0.1) is 13.2 Å². The summed E-state index contributed by atoms with van der Waals surface area (Å²) in [5.41, 5.74) is 2.04. The van der Waals surface area contributed by atoms with E-state index in [4.69, 9.17) is 4.74 Å². The van der Waals surface area contributed by atoms with Gasteiger partial charge in [-0.3, -0.25) is 9.59 Å². The van der Waals surface area contributed by atoms with Crippen LogP contribution in [0.5, 0.6) is 5.75 Å². The van der Waals surface area contributed by atoms with E-state index >= 15 is 0 Å². The van der Waals surface area contributed by atoms with Crippen LogP contribution in [0.25, 0.3) is 0 Å². The minimum absolute atomic E-state index is 0.0639. The molecular formula is C15H20N2O3. The summed E-state index contributed by atoms with van der Waals surface area (Å²) >= 11 is 0. The van der Waals surface area contributed by atoms with E-state index in [0.29, 0.717) is 12.8 Å². The van der Waals surface area contributed by atoms with Gasteiger partial charge in [-0.1, -0.05) is 17.7 Å². The molecule has 1 aliphatic rings. The topological polar surface area (TPSA) is 67.4 Å². The van der Waals surface area contributed by atoms with Crippen LogP contribution in [0.15, 0.2) is 18.2 Å². The third-order valence-corrected chi connectivity index (χ3v) is 3.52. The molecule has 1 heterocycles. The van der Waals surface area contributed by atoms with Crippen molar-refractivity contribution in [3.63, 3.8) is 0 Å². The summed E-state index contributed by atoms with van der Waals surface area (Å²) in [7, 11) is 1.61. The quantitative estimate of drug-likeness (QED) is 0.875. The fourth-order valence-corrected chi connectivity index (χ4v) is 2.39. The van der Waals surface area contributed by atoms with Crippen LogP contribution in [-0.2, 0) is 9.59 Å². The molecule has 0 bridgehead atoms. The molecule has 1 fully saturated rings. The van der Waals surface area contributed by atoms with E-state index in [1.165, 1.54) is 0 Å². The number of hydrogen-bond acceptors (Lipinski definition) is 3. The fraction of sp³-hybridized carbons (Fsp3) is 0.467.